The van der Waals surface area contributed by atoms with Crippen molar-refractivity contribution in [2.45, 2.75) is 6.04 Å². The first-order chi connectivity index (χ1) is 7.27. The Hall–Kier alpha value is -2.24. The molecule has 1 aromatic rings. The van der Waals surface area contributed by atoms with Crippen molar-refractivity contribution in [3.8, 4) is 0 Å². The van der Waals surface area contributed by atoms with Crippen LogP contribution in [0.15, 0.2) is 40.6 Å². The van der Waals surface area contributed by atoms with Crippen molar-refractivity contribution in [3.05, 3.63) is 30.3 Å². The highest BCUT2D eigenvalue weighted by Crippen LogP contribution is 2.11. The average molecular weight is 204 g/mol. The molecule has 0 bridgehead atoms. The lowest BCUT2D eigenvalue weighted by Crippen LogP contribution is -2.28. The van der Waals surface area contributed by atoms with Gasteiger partial charge in [-0.2, -0.15) is 10.2 Å². The molecule has 0 aliphatic carbocycles. The molecule has 0 spiro atoms. The third-order valence-electron chi connectivity index (χ3n) is 1.85. The molecule has 0 radical (unpaired) electrons. The zero-order valence-corrected chi connectivity index (χ0v) is 7.68. The van der Waals surface area contributed by atoms with Crippen molar-refractivity contribution in [1.82, 2.24) is 10.9 Å². The molecule has 0 unspecified atom stereocenters. The third-order valence-corrected chi connectivity index (χ3v) is 1.85. The summed E-state index contributed by atoms with van der Waals surface area (Å²) in [6.45, 7) is 0. The van der Waals surface area contributed by atoms with Crippen LogP contribution >= 0.6 is 0 Å². The molecule has 1 heterocycles. The summed E-state index contributed by atoms with van der Waals surface area (Å²) in [6.07, 6.45) is 0. The summed E-state index contributed by atoms with van der Waals surface area (Å²) in [5.41, 5.74) is 4.93. The van der Waals surface area contributed by atoms with E-state index >= 15 is 0 Å². The van der Waals surface area contributed by atoms with E-state index in [2.05, 4.69) is 21.1 Å². The first-order valence-corrected chi connectivity index (χ1v) is 4.33. The van der Waals surface area contributed by atoms with Crippen LogP contribution in [0, 0.1) is 0 Å². The number of nitrogens with zero attached hydrogens (tertiary/aromatic N) is 2. The number of rotatable bonds is 2. The van der Waals surface area contributed by atoms with E-state index in [-0.39, 0.29) is 0 Å². The minimum Gasteiger partial charge on any atom is -0.270 e. The Kier molecular flexibility index (Phi) is 2.40. The molecule has 0 saturated carbocycles. The largest absolute Gasteiger partial charge is 0.274 e. The molecule has 2 N–H and O–H groups in total. The van der Waals surface area contributed by atoms with Gasteiger partial charge in [-0.05, 0) is 12.1 Å². The molecule has 15 heavy (non-hydrogen) atoms. The first-order valence-electron chi connectivity index (χ1n) is 4.33. The summed E-state index contributed by atoms with van der Waals surface area (Å²) < 4.78 is 0. The van der Waals surface area contributed by atoms with Gasteiger partial charge in [0, 0.05) is 0 Å². The zero-order valence-electron chi connectivity index (χ0n) is 7.68. The molecular formula is C9H8N4O2. The van der Waals surface area contributed by atoms with Crippen molar-refractivity contribution in [1.29, 1.82) is 0 Å². The standard InChI is InChI=1S/C9H8N4O2/c14-8-7(9(15)13-12-8)11-10-6-4-2-1-3-5-6/h1-5,7H,(H,12,14)(H,13,15). The number of hydrogen-bond acceptors (Lipinski definition) is 4. The fourth-order valence-electron chi connectivity index (χ4n) is 1.10. The maximum atomic E-state index is 11.1. The van der Waals surface area contributed by atoms with Gasteiger partial charge in [-0.15, -0.1) is 0 Å². The molecule has 0 atom stereocenters. The number of nitrogens with one attached hydrogen (secondary N) is 2. The van der Waals surface area contributed by atoms with Crippen molar-refractivity contribution < 1.29 is 9.59 Å². The Bertz CT molecular complexity index is 399. The normalized spacial score (nSPS) is 16.8. The van der Waals surface area contributed by atoms with Gasteiger partial charge in [0.05, 0.1) is 5.69 Å². The number of hydrogen-bond donors (Lipinski definition) is 2. The quantitative estimate of drug-likeness (QED) is 0.536. The second-order valence-corrected chi connectivity index (χ2v) is 2.93. The predicted octanol–water partition coefficient (Wildman–Crippen LogP) is 0.300. The molecule has 1 fully saturated rings. The molecule has 76 valence electrons. The average Bonchev–Trinajstić information content (AvgIpc) is 2.58. The van der Waals surface area contributed by atoms with E-state index < -0.39 is 17.9 Å². The van der Waals surface area contributed by atoms with E-state index in [9.17, 15) is 9.59 Å². The summed E-state index contributed by atoms with van der Waals surface area (Å²) in [7, 11) is 0. The topological polar surface area (TPSA) is 82.9 Å². The van der Waals surface area contributed by atoms with Gasteiger partial charge in [-0.25, -0.2) is 0 Å². The molecular weight excluding hydrogens is 196 g/mol. The Morgan fingerprint density at radius 1 is 1.00 bits per heavy atom. The summed E-state index contributed by atoms with van der Waals surface area (Å²) in [6, 6.07) is 7.81. The van der Waals surface area contributed by atoms with Gasteiger partial charge in [0.25, 0.3) is 11.8 Å². The van der Waals surface area contributed by atoms with Crippen LogP contribution < -0.4 is 10.9 Å². The number of amides is 2. The Balaban J connectivity index is 2.12. The van der Waals surface area contributed by atoms with Gasteiger partial charge in [0.15, 0.2) is 0 Å². The zero-order chi connectivity index (χ0) is 10.7. The maximum absolute atomic E-state index is 11.1. The van der Waals surface area contributed by atoms with Crippen LogP contribution in [0.5, 0.6) is 0 Å². The van der Waals surface area contributed by atoms with E-state index in [0.717, 1.165) is 0 Å². The fraction of sp³-hybridized carbons (Fsp3) is 0.111. The van der Waals surface area contributed by atoms with E-state index in [4.69, 9.17) is 0 Å². The van der Waals surface area contributed by atoms with E-state index in [0.29, 0.717) is 5.69 Å². The molecule has 1 saturated heterocycles. The van der Waals surface area contributed by atoms with Gasteiger partial charge in [-0.1, -0.05) is 18.2 Å². The van der Waals surface area contributed by atoms with Crippen LogP contribution in [0.1, 0.15) is 0 Å². The second-order valence-electron chi connectivity index (χ2n) is 2.93. The summed E-state index contributed by atoms with van der Waals surface area (Å²) in [5, 5.41) is 7.45. The van der Waals surface area contributed by atoms with Gasteiger partial charge in [-0.3, -0.25) is 20.4 Å². The number of carbonyl (C=O) groups excluding carboxylic acids is 2. The van der Waals surface area contributed by atoms with Crippen LogP contribution in [0.25, 0.3) is 0 Å². The molecule has 6 nitrogen and oxygen atoms in total. The van der Waals surface area contributed by atoms with Crippen LogP contribution in [-0.4, -0.2) is 17.9 Å². The molecule has 2 rings (SSSR count). The molecule has 0 aromatic heterocycles. The monoisotopic (exact) mass is 204 g/mol. The maximum Gasteiger partial charge on any atom is 0.274 e. The first kappa shape index (κ1) is 9.32. The fourth-order valence-corrected chi connectivity index (χ4v) is 1.10. The number of azo groups is 1. The van der Waals surface area contributed by atoms with Crippen LogP contribution in [0.2, 0.25) is 0 Å². The second kappa shape index (κ2) is 3.87. The molecule has 1 aromatic carbocycles. The lowest BCUT2D eigenvalue weighted by Gasteiger charge is -1.94. The Morgan fingerprint density at radius 2 is 1.60 bits per heavy atom. The van der Waals surface area contributed by atoms with Gasteiger partial charge in [0.2, 0.25) is 6.04 Å². The van der Waals surface area contributed by atoms with Crippen LogP contribution in [0.4, 0.5) is 5.69 Å². The Morgan fingerprint density at radius 3 is 2.20 bits per heavy atom. The lowest BCUT2D eigenvalue weighted by molar-refractivity contribution is -0.124. The van der Waals surface area contributed by atoms with Gasteiger partial charge in [0.1, 0.15) is 0 Å². The molecule has 1 aliphatic rings. The third kappa shape index (κ3) is 1.98. The molecule has 2 amide bonds. The van der Waals surface area contributed by atoms with Crippen molar-refractivity contribution in [2.24, 2.45) is 10.2 Å². The highest BCUT2D eigenvalue weighted by Gasteiger charge is 2.32. The number of hydrazine groups is 1. The summed E-state index contributed by atoms with van der Waals surface area (Å²) in [4.78, 5) is 22.1. The van der Waals surface area contributed by atoms with Crippen LogP contribution in [0.3, 0.4) is 0 Å². The van der Waals surface area contributed by atoms with Crippen molar-refractivity contribution >= 4 is 17.5 Å². The van der Waals surface area contributed by atoms with Crippen molar-refractivity contribution in [2.75, 3.05) is 0 Å². The highest BCUT2D eigenvalue weighted by atomic mass is 16.2. The minimum atomic E-state index is -1.08. The summed E-state index contributed by atoms with van der Waals surface area (Å²) in [5.74, 6) is -0.973. The minimum absolute atomic E-state index is 0.486. The predicted molar refractivity (Wildman–Crippen MR) is 51.0 cm³/mol. The Labute approximate surface area is 85.4 Å². The highest BCUT2D eigenvalue weighted by molar-refractivity contribution is 6.09. The molecule has 6 heteroatoms. The van der Waals surface area contributed by atoms with Crippen LogP contribution in [-0.2, 0) is 9.59 Å². The van der Waals surface area contributed by atoms with Crippen molar-refractivity contribution in [3.63, 3.8) is 0 Å². The van der Waals surface area contributed by atoms with Gasteiger partial charge < -0.3 is 0 Å². The number of benzene rings is 1. The SMILES string of the molecule is O=C1NNC(=O)C1N=Nc1ccccc1. The van der Waals surface area contributed by atoms with E-state index in [1.165, 1.54) is 0 Å². The van der Waals surface area contributed by atoms with E-state index in [1.807, 2.05) is 6.07 Å². The van der Waals surface area contributed by atoms with Gasteiger partial charge >= 0.3 is 0 Å². The molecule has 1 aliphatic heterocycles. The lowest BCUT2D eigenvalue weighted by atomic mass is 10.3. The smallest absolute Gasteiger partial charge is 0.270 e. The number of carbonyl (C=O) groups is 2. The van der Waals surface area contributed by atoms with E-state index in [1.54, 1.807) is 24.3 Å². The summed E-state index contributed by atoms with van der Waals surface area (Å²) >= 11 is 0.